The fourth-order valence-corrected chi connectivity index (χ4v) is 2.35. The number of rotatable bonds is 4. The van der Waals surface area contributed by atoms with Gasteiger partial charge >= 0.3 is 5.97 Å². The summed E-state index contributed by atoms with van der Waals surface area (Å²) in [6.07, 6.45) is 1.52. The first-order valence-electron chi connectivity index (χ1n) is 6.42. The zero-order valence-corrected chi connectivity index (χ0v) is 10.7. The number of aliphatic carboxylic acids is 1. The molecule has 0 saturated carbocycles. The minimum absolute atomic E-state index is 0.00648. The maximum atomic E-state index is 12.0. The molecule has 1 heterocycles. The summed E-state index contributed by atoms with van der Waals surface area (Å²) in [4.78, 5) is 24.5. The second-order valence-electron chi connectivity index (χ2n) is 4.86. The summed E-state index contributed by atoms with van der Waals surface area (Å²) in [5, 5.41) is 8.90. The molecule has 5 heteroatoms. The largest absolute Gasteiger partial charge is 0.481 e. The highest BCUT2D eigenvalue weighted by atomic mass is 16.4. The lowest BCUT2D eigenvalue weighted by atomic mass is 10.1. The lowest BCUT2D eigenvalue weighted by Gasteiger charge is -2.16. The molecule has 19 heavy (non-hydrogen) atoms. The van der Waals surface area contributed by atoms with Crippen molar-refractivity contribution in [3.05, 3.63) is 29.8 Å². The fourth-order valence-electron chi connectivity index (χ4n) is 2.35. The number of likely N-dealkylation sites (tertiary alicyclic amines) is 1. The lowest BCUT2D eigenvalue weighted by Crippen LogP contribution is -2.30. The Hall–Kier alpha value is -2.04. The average Bonchev–Trinajstić information content (AvgIpc) is 2.87. The second kappa shape index (κ2) is 5.73. The first kappa shape index (κ1) is 13.4. The van der Waals surface area contributed by atoms with Crippen LogP contribution in [-0.4, -0.2) is 35.0 Å². The third-order valence-electron chi connectivity index (χ3n) is 3.55. The van der Waals surface area contributed by atoms with E-state index in [1.54, 1.807) is 4.90 Å². The summed E-state index contributed by atoms with van der Waals surface area (Å²) in [5.74, 6) is -1.22. The van der Waals surface area contributed by atoms with Gasteiger partial charge in [-0.15, -0.1) is 0 Å². The second-order valence-corrected chi connectivity index (χ2v) is 4.86. The van der Waals surface area contributed by atoms with Gasteiger partial charge in [-0.3, -0.25) is 9.59 Å². The Balaban J connectivity index is 1.86. The van der Waals surface area contributed by atoms with Crippen molar-refractivity contribution in [3.63, 3.8) is 0 Å². The van der Waals surface area contributed by atoms with Crippen molar-refractivity contribution in [2.45, 2.75) is 19.3 Å². The third-order valence-corrected chi connectivity index (χ3v) is 3.55. The Morgan fingerprint density at radius 2 is 2.11 bits per heavy atom. The van der Waals surface area contributed by atoms with Gasteiger partial charge in [0.2, 0.25) is 5.91 Å². The quantitative estimate of drug-likeness (QED) is 0.797. The van der Waals surface area contributed by atoms with E-state index in [4.69, 9.17) is 10.8 Å². The van der Waals surface area contributed by atoms with E-state index in [-0.39, 0.29) is 5.91 Å². The van der Waals surface area contributed by atoms with Crippen LogP contribution in [0.5, 0.6) is 0 Å². The molecule has 0 bridgehead atoms. The van der Waals surface area contributed by atoms with Gasteiger partial charge < -0.3 is 15.7 Å². The molecule has 0 radical (unpaired) electrons. The molecular formula is C14H18N2O3. The molecule has 1 saturated heterocycles. The van der Waals surface area contributed by atoms with E-state index >= 15 is 0 Å². The number of amides is 1. The molecule has 5 nitrogen and oxygen atoms in total. The minimum Gasteiger partial charge on any atom is -0.481 e. The van der Waals surface area contributed by atoms with Crippen molar-refractivity contribution in [2.24, 2.45) is 5.92 Å². The maximum absolute atomic E-state index is 12.0. The molecule has 102 valence electrons. The molecule has 0 spiro atoms. The molecule has 1 fully saturated rings. The van der Waals surface area contributed by atoms with Crippen molar-refractivity contribution >= 4 is 17.6 Å². The Labute approximate surface area is 112 Å². The highest BCUT2D eigenvalue weighted by molar-refractivity contribution is 5.79. The maximum Gasteiger partial charge on any atom is 0.308 e. The van der Waals surface area contributed by atoms with E-state index in [1.807, 2.05) is 24.3 Å². The number of carbonyl (C=O) groups excluding carboxylic acids is 1. The van der Waals surface area contributed by atoms with Crippen molar-refractivity contribution in [2.75, 3.05) is 18.8 Å². The summed E-state index contributed by atoms with van der Waals surface area (Å²) >= 11 is 0. The van der Waals surface area contributed by atoms with Gasteiger partial charge in [0, 0.05) is 25.2 Å². The monoisotopic (exact) mass is 262 g/mol. The lowest BCUT2D eigenvalue weighted by molar-refractivity contribution is -0.141. The summed E-state index contributed by atoms with van der Waals surface area (Å²) in [7, 11) is 0. The van der Waals surface area contributed by atoms with Crippen LogP contribution in [0, 0.1) is 5.92 Å². The Morgan fingerprint density at radius 1 is 1.37 bits per heavy atom. The van der Waals surface area contributed by atoms with Gasteiger partial charge in [0.15, 0.2) is 0 Å². The first-order chi connectivity index (χ1) is 9.08. The molecule has 1 amide bonds. The molecule has 1 aliphatic rings. The van der Waals surface area contributed by atoms with Crippen LogP contribution in [0.1, 0.15) is 18.4 Å². The molecule has 1 unspecified atom stereocenters. The number of nitrogens with zero attached hydrogens (tertiary/aromatic N) is 1. The molecule has 1 aromatic carbocycles. The van der Waals surface area contributed by atoms with E-state index in [1.165, 1.54) is 0 Å². The van der Waals surface area contributed by atoms with E-state index < -0.39 is 11.9 Å². The number of hydrogen-bond acceptors (Lipinski definition) is 3. The highest BCUT2D eigenvalue weighted by Crippen LogP contribution is 2.19. The van der Waals surface area contributed by atoms with Crippen LogP contribution in [-0.2, 0) is 16.0 Å². The molecule has 1 aliphatic heterocycles. The SMILES string of the molecule is Nc1ccccc1CCC(=O)N1CCC(C(=O)O)C1. The van der Waals surface area contributed by atoms with E-state index in [2.05, 4.69) is 0 Å². The summed E-state index contributed by atoms with van der Waals surface area (Å²) < 4.78 is 0. The van der Waals surface area contributed by atoms with E-state index in [0.29, 0.717) is 38.0 Å². The predicted molar refractivity (Wildman–Crippen MR) is 71.5 cm³/mol. The number of para-hydroxylation sites is 1. The summed E-state index contributed by atoms with van der Waals surface area (Å²) in [6.45, 7) is 0.874. The molecule has 0 aliphatic carbocycles. The normalized spacial score (nSPS) is 18.5. The fraction of sp³-hybridized carbons (Fsp3) is 0.429. The Kier molecular flexibility index (Phi) is 4.04. The number of nitrogen functional groups attached to an aromatic ring is 1. The van der Waals surface area contributed by atoms with Crippen molar-refractivity contribution < 1.29 is 14.7 Å². The number of carbonyl (C=O) groups is 2. The predicted octanol–water partition coefficient (Wildman–Crippen LogP) is 1.13. The summed E-state index contributed by atoms with van der Waals surface area (Å²) in [5.41, 5.74) is 7.48. The number of carboxylic acids is 1. The van der Waals surface area contributed by atoms with Gasteiger partial charge in [0.25, 0.3) is 0 Å². The van der Waals surface area contributed by atoms with Gasteiger partial charge in [-0.25, -0.2) is 0 Å². The van der Waals surface area contributed by atoms with Crippen molar-refractivity contribution in [1.29, 1.82) is 0 Å². The van der Waals surface area contributed by atoms with Crippen LogP contribution in [0.3, 0.4) is 0 Å². The average molecular weight is 262 g/mol. The third kappa shape index (κ3) is 3.24. The molecule has 3 N–H and O–H groups in total. The number of hydrogen-bond donors (Lipinski definition) is 2. The van der Waals surface area contributed by atoms with Crippen LogP contribution in [0.25, 0.3) is 0 Å². The molecule has 0 aromatic heterocycles. The molecule has 1 aromatic rings. The Bertz CT molecular complexity index is 487. The van der Waals surface area contributed by atoms with Crippen LogP contribution in [0.15, 0.2) is 24.3 Å². The van der Waals surface area contributed by atoms with Gasteiger partial charge in [-0.1, -0.05) is 18.2 Å². The van der Waals surface area contributed by atoms with Gasteiger partial charge in [0.05, 0.1) is 5.92 Å². The zero-order valence-electron chi connectivity index (χ0n) is 10.7. The number of aryl methyl sites for hydroxylation is 1. The van der Waals surface area contributed by atoms with Crippen LogP contribution < -0.4 is 5.73 Å². The smallest absolute Gasteiger partial charge is 0.308 e. The van der Waals surface area contributed by atoms with Gasteiger partial charge in [0.1, 0.15) is 0 Å². The Morgan fingerprint density at radius 3 is 2.74 bits per heavy atom. The number of nitrogens with two attached hydrogens (primary N) is 1. The molecular weight excluding hydrogens is 244 g/mol. The number of benzene rings is 1. The van der Waals surface area contributed by atoms with Crippen molar-refractivity contribution in [1.82, 2.24) is 4.90 Å². The van der Waals surface area contributed by atoms with Crippen LogP contribution in [0.2, 0.25) is 0 Å². The van der Waals surface area contributed by atoms with Gasteiger partial charge in [-0.05, 0) is 24.5 Å². The highest BCUT2D eigenvalue weighted by Gasteiger charge is 2.30. The number of carboxylic acid groups (broad SMARTS) is 1. The van der Waals surface area contributed by atoms with E-state index in [9.17, 15) is 9.59 Å². The van der Waals surface area contributed by atoms with E-state index in [0.717, 1.165) is 5.56 Å². The van der Waals surface area contributed by atoms with Gasteiger partial charge in [-0.2, -0.15) is 0 Å². The molecule has 1 atom stereocenters. The first-order valence-corrected chi connectivity index (χ1v) is 6.42. The standard InChI is InChI=1S/C14H18N2O3/c15-12-4-2-1-3-10(12)5-6-13(17)16-8-7-11(9-16)14(18)19/h1-4,11H,5-9,15H2,(H,18,19). The topological polar surface area (TPSA) is 83.6 Å². The van der Waals surface area contributed by atoms with Crippen LogP contribution >= 0.6 is 0 Å². The molecule has 2 rings (SSSR count). The minimum atomic E-state index is -0.817. The van der Waals surface area contributed by atoms with Crippen molar-refractivity contribution in [3.8, 4) is 0 Å². The van der Waals surface area contributed by atoms with Crippen LogP contribution in [0.4, 0.5) is 5.69 Å². The summed E-state index contributed by atoms with van der Waals surface area (Å²) in [6, 6.07) is 7.48. The number of anilines is 1. The zero-order chi connectivity index (χ0) is 13.8.